The summed E-state index contributed by atoms with van der Waals surface area (Å²) in [5.74, 6) is 0.697. The second-order valence-electron chi connectivity index (χ2n) is 5.73. The Balaban J connectivity index is 2.02. The Hall–Kier alpha value is -0.900. The molecule has 1 nitrogen and oxygen atoms in total. The minimum atomic E-state index is 0.697. The first kappa shape index (κ1) is 16.5. The number of thiophene rings is 1. The molecule has 21 heavy (non-hydrogen) atoms. The van der Waals surface area contributed by atoms with Crippen molar-refractivity contribution < 1.29 is 0 Å². The molecule has 2 rings (SSSR count). The van der Waals surface area contributed by atoms with Gasteiger partial charge in [0.1, 0.15) is 0 Å². The molecular weight excluding hydrogens is 342 g/mol. The van der Waals surface area contributed by atoms with Gasteiger partial charge in [0, 0.05) is 20.8 Å². The largest absolute Gasteiger partial charge is 0.313 e. The minimum Gasteiger partial charge on any atom is -0.313 e. The zero-order valence-corrected chi connectivity index (χ0v) is 15.2. The number of halogens is 1. The average molecular weight is 364 g/mol. The van der Waals surface area contributed by atoms with Crippen molar-refractivity contribution >= 4 is 33.3 Å². The van der Waals surface area contributed by atoms with E-state index in [9.17, 15) is 0 Å². The summed E-state index contributed by atoms with van der Waals surface area (Å²) in [7, 11) is 0. The first-order chi connectivity index (χ1) is 10.0. The van der Waals surface area contributed by atoms with Crippen molar-refractivity contribution in [1.29, 1.82) is 0 Å². The second kappa shape index (κ2) is 7.92. The lowest BCUT2D eigenvalue weighted by atomic mass is 10.2. The van der Waals surface area contributed by atoms with Crippen LogP contribution in [0.15, 0.2) is 46.4 Å². The molecule has 0 radical (unpaired) electrons. The van der Waals surface area contributed by atoms with Gasteiger partial charge >= 0.3 is 0 Å². The minimum absolute atomic E-state index is 0.697. The van der Waals surface area contributed by atoms with Crippen molar-refractivity contribution in [3.05, 3.63) is 51.3 Å². The van der Waals surface area contributed by atoms with Crippen LogP contribution in [0.4, 0.5) is 0 Å². The van der Waals surface area contributed by atoms with Gasteiger partial charge in [-0.1, -0.05) is 47.5 Å². The van der Waals surface area contributed by atoms with Crippen LogP contribution in [0.25, 0.3) is 16.5 Å². The number of hydrogen-bond acceptors (Lipinski definition) is 2. The van der Waals surface area contributed by atoms with Crippen LogP contribution in [0, 0.1) is 5.92 Å². The smallest absolute Gasteiger partial charge is 0.0349 e. The summed E-state index contributed by atoms with van der Waals surface area (Å²) in [6.07, 6.45) is 2.28. The van der Waals surface area contributed by atoms with E-state index in [-0.39, 0.29) is 0 Å². The molecule has 0 atom stereocenters. The lowest BCUT2D eigenvalue weighted by molar-refractivity contribution is 0.572. The van der Waals surface area contributed by atoms with Crippen LogP contribution in [-0.4, -0.2) is 13.1 Å². The van der Waals surface area contributed by atoms with E-state index in [4.69, 9.17) is 0 Å². The molecule has 0 aliphatic rings. The van der Waals surface area contributed by atoms with E-state index in [0.29, 0.717) is 5.92 Å². The highest BCUT2D eigenvalue weighted by molar-refractivity contribution is 9.10. The van der Waals surface area contributed by atoms with Gasteiger partial charge in [-0.15, -0.1) is 11.3 Å². The van der Waals surface area contributed by atoms with Gasteiger partial charge in [-0.2, -0.15) is 0 Å². The molecule has 3 heteroatoms. The Morgan fingerprint density at radius 1 is 1.29 bits per heavy atom. The lowest BCUT2D eigenvalue weighted by Crippen LogP contribution is -2.21. The van der Waals surface area contributed by atoms with Crippen LogP contribution in [0.5, 0.6) is 0 Å². The van der Waals surface area contributed by atoms with Crippen LogP contribution >= 0.6 is 27.3 Å². The van der Waals surface area contributed by atoms with Crippen molar-refractivity contribution in [2.75, 3.05) is 13.1 Å². The van der Waals surface area contributed by atoms with Crippen molar-refractivity contribution in [2.45, 2.75) is 20.8 Å². The van der Waals surface area contributed by atoms with Gasteiger partial charge in [0.05, 0.1) is 0 Å². The number of rotatable bonds is 6. The third-order valence-corrected chi connectivity index (χ3v) is 4.66. The highest BCUT2D eigenvalue weighted by Crippen LogP contribution is 2.30. The van der Waals surface area contributed by atoms with E-state index >= 15 is 0 Å². The maximum absolute atomic E-state index is 3.53. The van der Waals surface area contributed by atoms with Crippen LogP contribution in [0.2, 0.25) is 0 Å². The van der Waals surface area contributed by atoms with E-state index in [1.165, 1.54) is 20.9 Å². The molecule has 1 aromatic carbocycles. The van der Waals surface area contributed by atoms with Crippen LogP contribution < -0.4 is 5.32 Å². The van der Waals surface area contributed by atoms with Gasteiger partial charge in [0.25, 0.3) is 0 Å². The third-order valence-electron chi connectivity index (χ3n) is 3.08. The summed E-state index contributed by atoms with van der Waals surface area (Å²) >= 11 is 5.37. The van der Waals surface area contributed by atoms with E-state index < -0.39 is 0 Å². The Kier molecular flexibility index (Phi) is 6.22. The van der Waals surface area contributed by atoms with Crippen LogP contribution in [0.1, 0.15) is 25.6 Å². The Morgan fingerprint density at radius 3 is 2.81 bits per heavy atom. The first-order valence-corrected chi connectivity index (χ1v) is 8.89. The molecule has 1 heterocycles. The molecule has 2 aromatic rings. The molecule has 1 aromatic heterocycles. The fourth-order valence-electron chi connectivity index (χ4n) is 2.08. The Labute approximate surface area is 140 Å². The maximum atomic E-state index is 3.53. The van der Waals surface area contributed by atoms with Crippen LogP contribution in [0.3, 0.4) is 0 Å². The van der Waals surface area contributed by atoms with Gasteiger partial charge < -0.3 is 5.32 Å². The first-order valence-electron chi connectivity index (χ1n) is 7.28. The number of hydrogen-bond donors (Lipinski definition) is 1. The van der Waals surface area contributed by atoms with Crippen molar-refractivity contribution in [3.8, 4) is 10.4 Å². The van der Waals surface area contributed by atoms with Crippen molar-refractivity contribution in [1.82, 2.24) is 5.32 Å². The summed E-state index contributed by atoms with van der Waals surface area (Å²) in [6.45, 7) is 8.68. The zero-order valence-electron chi connectivity index (χ0n) is 12.8. The van der Waals surface area contributed by atoms with Gasteiger partial charge in [0.15, 0.2) is 0 Å². The molecule has 0 saturated carbocycles. The summed E-state index contributed by atoms with van der Waals surface area (Å²) in [5, 5.41) is 3.48. The van der Waals surface area contributed by atoms with E-state index in [2.05, 4.69) is 84.5 Å². The van der Waals surface area contributed by atoms with Crippen molar-refractivity contribution in [2.24, 2.45) is 5.92 Å². The molecule has 0 aliphatic carbocycles. The number of nitrogens with one attached hydrogen (secondary N) is 1. The van der Waals surface area contributed by atoms with Crippen molar-refractivity contribution in [3.63, 3.8) is 0 Å². The fourth-order valence-corrected chi connectivity index (χ4v) is 3.51. The molecule has 0 spiro atoms. The molecule has 112 valence electrons. The van der Waals surface area contributed by atoms with Crippen LogP contribution in [-0.2, 0) is 0 Å². The number of benzene rings is 1. The quantitative estimate of drug-likeness (QED) is 0.680. The van der Waals surface area contributed by atoms with Gasteiger partial charge in [0.2, 0.25) is 0 Å². The van der Waals surface area contributed by atoms with Gasteiger partial charge in [-0.05, 0) is 55.3 Å². The van der Waals surface area contributed by atoms with E-state index in [0.717, 1.165) is 17.6 Å². The molecule has 0 amide bonds. The predicted octanol–water partition coefficient (Wildman–Crippen LogP) is 5.83. The summed E-state index contributed by atoms with van der Waals surface area (Å²) in [6, 6.07) is 12.9. The molecule has 0 aliphatic heterocycles. The lowest BCUT2D eigenvalue weighted by Gasteiger charge is -2.07. The summed E-state index contributed by atoms with van der Waals surface area (Å²) < 4.78 is 1.12. The maximum Gasteiger partial charge on any atom is 0.0349 e. The SMILES string of the molecule is CC(=Cc1ccc(-c2cccc(Br)c2)s1)CNCC(C)C. The molecule has 0 bridgehead atoms. The van der Waals surface area contributed by atoms with E-state index in [1.807, 2.05) is 11.3 Å². The predicted molar refractivity (Wildman–Crippen MR) is 98.8 cm³/mol. The monoisotopic (exact) mass is 363 g/mol. The third kappa shape index (κ3) is 5.42. The summed E-state index contributed by atoms with van der Waals surface area (Å²) in [4.78, 5) is 2.62. The molecule has 0 unspecified atom stereocenters. The van der Waals surface area contributed by atoms with E-state index in [1.54, 1.807) is 0 Å². The van der Waals surface area contributed by atoms with Gasteiger partial charge in [-0.3, -0.25) is 0 Å². The van der Waals surface area contributed by atoms with Gasteiger partial charge in [-0.25, -0.2) is 0 Å². The Bertz CT molecular complexity index is 613. The summed E-state index contributed by atoms with van der Waals surface area (Å²) in [5.41, 5.74) is 2.64. The topological polar surface area (TPSA) is 12.0 Å². The highest BCUT2D eigenvalue weighted by Gasteiger charge is 2.02. The zero-order chi connectivity index (χ0) is 15.2. The Morgan fingerprint density at radius 2 is 2.10 bits per heavy atom. The highest BCUT2D eigenvalue weighted by atomic mass is 79.9. The molecular formula is C18H22BrNS. The fraction of sp³-hybridized carbons (Fsp3) is 0.333. The average Bonchev–Trinajstić information content (AvgIpc) is 2.86. The second-order valence-corrected chi connectivity index (χ2v) is 7.76. The standard InChI is InChI=1S/C18H22BrNS/c1-13(2)11-20-12-14(3)9-17-7-8-18(21-17)15-5-4-6-16(19)10-15/h4-10,13,20H,11-12H2,1-3H3. The molecule has 1 N–H and O–H groups in total. The molecule has 0 saturated heterocycles. The normalized spacial score (nSPS) is 12.1. The molecule has 0 fully saturated rings.